The molecule has 0 unspecified atom stereocenters. The molecular formula is C22H26N4O6S. The molecule has 11 heteroatoms. The summed E-state index contributed by atoms with van der Waals surface area (Å²) in [6.45, 7) is 1.28. The smallest absolute Gasteiger partial charge is 0.344 e. The van der Waals surface area contributed by atoms with Crippen LogP contribution in [0.25, 0.3) is 0 Å². The SMILES string of the molecule is COc1ccc(CN2C=C(C(=O)OCc3noc(C4CCCCC4)n3)C(C)=NS2(=O)=O)cc1. The number of ether oxygens (including phenoxy) is 2. The van der Waals surface area contributed by atoms with Crippen LogP contribution in [0.3, 0.4) is 0 Å². The Morgan fingerprint density at radius 3 is 2.61 bits per heavy atom. The average Bonchev–Trinajstić information content (AvgIpc) is 3.29. The number of esters is 1. The van der Waals surface area contributed by atoms with Gasteiger partial charge in [0.1, 0.15) is 5.75 Å². The van der Waals surface area contributed by atoms with Crippen molar-refractivity contribution in [3.63, 3.8) is 0 Å². The van der Waals surface area contributed by atoms with Gasteiger partial charge in [0.15, 0.2) is 6.61 Å². The molecule has 1 aliphatic heterocycles. The minimum Gasteiger partial charge on any atom is -0.497 e. The van der Waals surface area contributed by atoms with E-state index < -0.39 is 16.2 Å². The van der Waals surface area contributed by atoms with E-state index in [2.05, 4.69) is 14.5 Å². The number of aromatic nitrogens is 2. The maximum atomic E-state index is 12.7. The first-order valence-electron chi connectivity index (χ1n) is 10.8. The second kappa shape index (κ2) is 9.74. The molecule has 2 heterocycles. The normalized spacial score (nSPS) is 18.4. The van der Waals surface area contributed by atoms with Gasteiger partial charge < -0.3 is 14.0 Å². The third kappa shape index (κ3) is 5.41. The Labute approximate surface area is 192 Å². The lowest BCUT2D eigenvalue weighted by atomic mass is 9.89. The van der Waals surface area contributed by atoms with Crippen LogP contribution in [0, 0.1) is 0 Å². The standard InChI is InChI=1S/C22H26N4O6S/c1-15-19(13-26(33(28,29)25-15)12-16-8-10-18(30-2)11-9-16)22(27)31-14-20-23-21(32-24-20)17-6-4-3-5-7-17/h8-11,13,17H,3-7,12,14H2,1-2H3. The van der Waals surface area contributed by atoms with Crippen LogP contribution in [0.2, 0.25) is 0 Å². The zero-order valence-electron chi connectivity index (χ0n) is 18.6. The summed E-state index contributed by atoms with van der Waals surface area (Å²) in [6, 6.07) is 6.94. The number of nitrogens with zero attached hydrogens (tertiary/aromatic N) is 4. The summed E-state index contributed by atoms with van der Waals surface area (Å²) in [5, 5.41) is 3.91. The molecule has 1 aliphatic carbocycles. The van der Waals surface area contributed by atoms with Crippen LogP contribution in [-0.2, 0) is 32.9 Å². The summed E-state index contributed by atoms with van der Waals surface area (Å²) in [5.41, 5.74) is 0.816. The molecule has 0 N–H and O–H groups in total. The predicted octanol–water partition coefficient (Wildman–Crippen LogP) is 3.27. The fraction of sp³-hybridized carbons (Fsp3) is 0.455. The monoisotopic (exact) mass is 474 g/mol. The van der Waals surface area contributed by atoms with Gasteiger partial charge in [-0.1, -0.05) is 36.6 Å². The van der Waals surface area contributed by atoms with Crippen molar-refractivity contribution in [2.45, 2.75) is 58.1 Å². The fourth-order valence-corrected chi connectivity index (χ4v) is 4.97. The summed E-state index contributed by atoms with van der Waals surface area (Å²) >= 11 is 0. The van der Waals surface area contributed by atoms with E-state index in [9.17, 15) is 13.2 Å². The first kappa shape index (κ1) is 23.0. The molecular weight excluding hydrogens is 448 g/mol. The summed E-state index contributed by atoms with van der Waals surface area (Å²) in [7, 11) is -2.41. The largest absolute Gasteiger partial charge is 0.497 e. The van der Waals surface area contributed by atoms with Gasteiger partial charge in [0.25, 0.3) is 0 Å². The molecule has 2 aliphatic rings. The number of hydrogen-bond donors (Lipinski definition) is 0. The Hall–Kier alpha value is -3.21. The lowest BCUT2D eigenvalue weighted by molar-refractivity contribution is -0.140. The quantitative estimate of drug-likeness (QED) is 0.560. The first-order chi connectivity index (χ1) is 15.9. The van der Waals surface area contributed by atoms with Crippen LogP contribution in [0.4, 0.5) is 0 Å². The summed E-state index contributed by atoms with van der Waals surface area (Å²) < 4.78 is 45.5. The molecule has 1 saturated carbocycles. The lowest BCUT2D eigenvalue weighted by Gasteiger charge is -2.23. The van der Waals surface area contributed by atoms with E-state index in [1.807, 2.05) is 0 Å². The van der Waals surface area contributed by atoms with Gasteiger partial charge in [-0.05, 0) is 37.5 Å². The molecule has 4 rings (SSSR count). The Balaban J connectivity index is 1.43. The Kier molecular flexibility index (Phi) is 6.77. The van der Waals surface area contributed by atoms with Crippen molar-refractivity contribution in [3.05, 3.63) is 53.3 Å². The van der Waals surface area contributed by atoms with E-state index >= 15 is 0 Å². The predicted molar refractivity (Wildman–Crippen MR) is 119 cm³/mol. The molecule has 33 heavy (non-hydrogen) atoms. The molecule has 2 aromatic rings. The number of carbonyl (C=O) groups is 1. The molecule has 0 radical (unpaired) electrons. The Morgan fingerprint density at radius 1 is 1.18 bits per heavy atom. The molecule has 0 bridgehead atoms. The van der Waals surface area contributed by atoms with Gasteiger partial charge in [0.2, 0.25) is 11.7 Å². The van der Waals surface area contributed by atoms with Gasteiger partial charge in [-0.3, -0.25) is 4.31 Å². The van der Waals surface area contributed by atoms with Crippen LogP contribution in [-0.4, -0.2) is 41.7 Å². The summed E-state index contributed by atoms with van der Waals surface area (Å²) in [6.07, 6.45) is 6.77. The fourth-order valence-electron chi connectivity index (χ4n) is 3.87. The number of rotatable bonds is 7. The van der Waals surface area contributed by atoms with E-state index in [-0.39, 0.29) is 36.2 Å². The number of carbonyl (C=O) groups excluding carboxylic acids is 1. The van der Waals surface area contributed by atoms with Crippen molar-refractivity contribution in [2.24, 2.45) is 4.40 Å². The second-order valence-corrected chi connectivity index (χ2v) is 9.60. The molecule has 176 valence electrons. The summed E-state index contributed by atoms with van der Waals surface area (Å²) in [4.78, 5) is 17.0. The average molecular weight is 475 g/mol. The highest BCUT2D eigenvalue weighted by Crippen LogP contribution is 2.31. The van der Waals surface area contributed by atoms with Crippen molar-refractivity contribution in [1.29, 1.82) is 0 Å². The number of hydrogen-bond acceptors (Lipinski definition) is 8. The highest BCUT2D eigenvalue weighted by Gasteiger charge is 2.29. The number of methoxy groups -OCH3 is 1. The zero-order valence-corrected chi connectivity index (χ0v) is 19.4. The topological polar surface area (TPSA) is 124 Å². The zero-order chi connectivity index (χ0) is 23.4. The van der Waals surface area contributed by atoms with Crippen LogP contribution < -0.4 is 4.74 Å². The maximum absolute atomic E-state index is 12.7. The van der Waals surface area contributed by atoms with Gasteiger partial charge >= 0.3 is 16.2 Å². The third-order valence-corrected chi connectivity index (χ3v) is 7.03. The van der Waals surface area contributed by atoms with E-state index in [1.54, 1.807) is 31.4 Å². The van der Waals surface area contributed by atoms with Crippen LogP contribution in [0.1, 0.15) is 62.2 Å². The summed E-state index contributed by atoms with van der Waals surface area (Å²) in [5.74, 6) is 1.05. The molecule has 0 spiro atoms. The Bertz CT molecular complexity index is 1160. The molecule has 1 fully saturated rings. The van der Waals surface area contributed by atoms with E-state index in [1.165, 1.54) is 19.5 Å². The highest BCUT2D eigenvalue weighted by molar-refractivity contribution is 7.88. The van der Waals surface area contributed by atoms with Crippen LogP contribution in [0.5, 0.6) is 5.75 Å². The van der Waals surface area contributed by atoms with Crippen LogP contribution in [0.15, 0.2) is 45.0 Å². The van der Waals surface area contributed by atoms with Gasteiger partial charge in [-0.2, -0.15) is 13.4 Å². The second-order valence-electron chi connectivity index (χ2n) is 8.05. The van der Waals surface area contributed by atoms with Crippen LogP contribution >= 0.6 is 0 Å². The minimum atomic E-state index is -3.96. The molecule has 1 aromatic carbocycles. The molecule has 0 amide bonds. The van der Waals surface area contributed by atoms with Crippen molar-refractivity contribution >= 4 is 21.9 Å². The van der Waals surface area contributed by atoms with Crippen molar-refractivity contribution in [2.75, 3.05) is 7.11 Å². The van der Waals surface area contributed by atoms with Crippen molar-refractivity contribution < 1.29 is 27.2 Å². The van der Waals surface area contributed by atoms with Gasteiger partial charge in [-0.25, -0.2) is 4.79 Å². The highest BCUT2D eigenvalue weighted by atomic mass is 32.2. The van der Waals surface area contributed by atoms with E-state index in [4.69, 9.17) is 14.0 Å². The molecule has 1 aromatic heterocycles. The molecule has 0 atom stereocenters. The lowest BCUT2D eigenvalue weighted by Crippen LogP contribution is -2.31. The first-order valence-corrected chi connectivity index (χ1v) is 12.2. The maximum Gasteiger partial charge on any atom is 0.344 e. The Morgan fingerprint density at radius 2 is 1.91 bits per heavy atom. The van der Waals surface area contributed by atoms with E-state index in [0.29, 0.717) is 17.2 Å². The van der Waals surface area contributed by atoms with Gasteiger partial charge in [0, 0.05) is 12.1 Å². The van der Waals surface area contributed by atoms with Gasteiger partial charge in [-0.15, -0.1) is 4.40 Å². The van der Waals surface area contributed by atoms with Gasteiger partial charge in [0.05, 0.1) is 24.9 Å². The van der Waals surface area contributed by atoms with Crippen molar-refractivity contribution in [1.82, 2.24) is 14.4 Å². The minimum absolute atomic E-state index is 0.00940. The van der Waals surface area contributed by atoms with Crippen molar-refractivity contribution in [3.8, 4) is 5.75 Å². The molecule has 0 saturated heterocycles. The number of benzene rings is 1. The molecule has 10 nitrogen and oxygen atoms in total. The van der Waals surface area contributed by atoms with E-state index in [0.717, 1.165) is 30.0 Å². The third-order valence-electron chi connectivity index (χ3n) is 5.70.